The van der Waals surface area contributed by atoms with Crippen LogP contribution in [0.3, 0.4) is 0 Å². The minimum Gasteiger partial charge on any atom is -0.352 e. The third-order valence-corrected chi connectivity index (χ3v) is 6.06. The largest absolute Gasteiger partial charge is 0.352 e. The van der Waals surface area contributed by atoms with Gasteiger partial charge in [-0.15, -0.1) is 0 Å². The van der Waals surface area contributed by atoms with E-state index in [2.05, 4.69) is 15.4 Å². The molecule has 3 N–H and O–H groups in total. The van der Waals surface area contributed by atoms with Crippen molar-refractivity contribution in [3.8, 4) is 0 Å². The molecule has 0 spiro atoms. The van der Waals surface area contributed by atoms with Crippen LogP contribution in [0.25, 0.3) is 0 Å². The van der Waals surface area contributed by atoms with Gasteiger partial charge in [-0.25, -0.2) is 8.42 Å². The molecule has 3 aromatic rings. The fourth-order valence-corrected chi connectivity index (χ4v) is 4.02. The number of para-hydroxylation sites is 1. The van der Waals surface area contributed by atoms with E-state index >= 15 is 0 Å². The van der Waals surface area contributed by atoms with Gasteiger partial charge >= 0.3 is 0 Å². The third-order valence-electron chi connectivity index (χ3n) is 4.66. The maximum atomic E-state index is 12.8. The molecule has 0 bridgehead atoms. The summed E-state index contributed by atoms with van der Waals surface area (Å²) in [6.45, 7) is 4.36. The first-order chi connectivity index (χ1) is 15.3. The lowest BCUT2D eigenvalue weighted by Crippen LogP contribution is -2.25. The summed E-state index contributed by atoms with van der Waals surface area (Å²) >= 11 is 0. The van der Waals surface area contributed by atoms with Crippen LogP contribution in [0.4, 0.5) is 11.4 Å². The van der Waals surface area contributed by atoms with Crippen molar-refractivity contribution in [3.05, 3.63) is 89.5 Å². The lowest BCUT2D eigenvalue weighted by Gasteiger charge is -2.12. The lowest BCUT2D eigenvalue weighted by molar-refractivity contribution is 0.0954. The zero-order valence-electron chi connectivity index (χ0n) is 17.9. The van der Waals surface area contributed by atoms with Crippen LogP contribution in [0.15, 0.2) is 77.7 Å². The van der Waals surface area contributed by atoms with Crippen molar-refractivity contribution in [2.45, 2.75) is 25.2 Å². The van der Waals surface area contributed by atoms with E-state index in [0.717, 1.165) is 12.0 Å². The van der Waals surface area contributed by atoms with Gasteiger partial charge in [-0.05, 0) is 55.8 Å². The molecule has 166 valence electrons. The number of sulfonamides is 1. The molecule has 0 saturated carbocycles. The Kier molecular flexibility index (Phi) is 7.27. The predicted molar refractivity (Wildman–Crippen MR) is 125 cm³/mol. The van der Waals surface area contributed by atoms with E-state index in [4.69, 9.17) is 0 Å². The van der Waals surface area contributed by atoms with Gasteiger partial charge < -0.3 is 10.6 Å². The Morgan fingerprint density at radius 1 is 0.875 bits per heavy atom. The van der Waals surface area contributed by atoms with Crippen molar-refractivity contribution in [1.29, 1.82) is 0 Å². The fraction of sp³-hybridized carbons (Fsp3) is 0.167. The molecule has 0 atom stereocenters. The first kappa shape index (κ1) is 23.0. The van der Waals surface area contributed by atoms with E-state index in [9.17, 15) is 18.0 Å². The van der Waals surface area contributed by atoms with Crippen molar-refractivity contribution >= 4 is 33.2 Å². The summed E-state index contributed by atoms with van der Waals surface area (Å²) in [5.74, 6) is -0.737. The van der Waals surface area contributed by atoms with Crippen LogP contribution in [-0.4, -0.2) is 26.8 Å². The molecule has 0 unspecified atom stereocenters. The number of aryl methyl sites for hydroxylation is 1. The maximum Gasteiger partial charge on any atom is 0.261 e. The highest BCUT2D eigenvalue weighted by molar-refractivity contribution is 7.92. The Bertz CT molecular complexity index is 1220. The molecule has 3 aromatic carbocycles. The van der Waals surface area contributed by atoms with Crippen LogP contribution in [-0.2, 0) is 10.0 Å². The van der Waals surface area contributed by atoms with Gasteiger partial charge in [-0.3, -0.25) is 14.3 Å². The van der Waals surface area contributed by atoms with Crippen LogP contribution in [0.2, 0.25) is 0 Å². The van der Waals surface area contributed by atoms with Gasteiger partial charge in [-0.1, -0.05) is 42.8 Å². The van der Waals surface area contributed by atoms with E-state index in [1.165, 1.54) is 18.2 Å². The minimum absolute atomic E-state index is 0.130. The lowest BCUT2D eigenvalue weighted by atomic mass is 10.1. The second-order valence-corrected chi connectivity index (χ2v) is 8.94. The highest BCUT2D eigenvalue weighted by Crippen LogP contribution is 2.20. The van der Waals surface area contributed by atoms with E-state index in [0.29, 0.717) is 17.8 Å². The highest BCUT2D eigenvalue weighted by Gasteiger charge is 2.16. The average molecular weight is 452 g/mol. The third kappa shape index (κ3) is 5.73. The normalized spacial score (nSPS) is 10.9. The van der Waals surface area contributed by atoms with Crippen molar-refractivity contribution in [3.63, 3.8) is 0 Å². The quantitative estimate of drug-likeness (QED) is 0.478. The molecule has 0 fully saturated rings. The Labute approximate surface area is 187 Å². The number of anilines is 2. The van der Waals surface area contributed by atoms with E-state index in [-0.39, 0.29) is 22.1 Å². The molecule has 0 aromatic heterocycles. The van der Waals surface area contributed by atoms with Gasteiger partial charge in [0.2, 0.25) is 0 Å². The average Bonchev–Trinajstić information content (AvgIpc) is 2.78. The second kappa shape index (κ2) is 10.1. The number of hydrogen-bond donors (Lipinski definition) is 3. The number of carbonyl (C=O) groups excluding carboxylic acids is 2. The standard InChI is InChI=1S/C24H25N3O4S/c1-3-15-25-24(29)21-9-4-5-10-22(21)26-23(28)18-7-6-8-19(16-18)27-32(30,31)20-13-11-17(2)12-14-20/h4-14,16,27H,3,15H2,1-2H3,(H,25,29)(H,26,28). The summed E-state index contributed by atoms with van der Waals surface area (Å²) in [6.07, 6.45) is 0.797. The smallest absolute Gasteiger partial charge is 0.261 e. The molecule has 7 nitrogen and oxygen atoms in total. The number of nitrogens with one attached hydrogen (secondary N) is 3. The van der Waals surface area contributed by atoms with Crippen LogP contribution < -0.4 is 15.4 Å². The molecule has 2 amide bonds. The zero-order chi connectivity index (χ0) is 23.1. The molecule has 0 aliphatic carbocycles. The van der Waals surface area contributed by atoms with Gasteiger partial charge in [0, 0.05) is 17.8 Å². The van der Waals surface area contributed by atoms with Crippen molar-refractivity contribution in [2.24, 2.45) is 0 Å². The zero-order valence-corrected chi connectivity index (χ0v) is 18.7. The number of amides is 2. The minimum atomic E-state index is -3.79. The molecule has 32 heavy (non-hydrogen) atoms. The molecule has 8 heteroatoms. The Morgan fingerprint density at radius 2 is 1.59 bits per heavy atom. The summed E-state index contributed by atoms with van der Waals surface area (Å²) in [4.78, 5) is 25.3. The summed E-state index contributed by atoms with van der Waals surface area (Å²) < 4.78 is 27.8. The van der Waals surface area contributed by atoms with Crippen LogP contribution in [0, 0.1) is 6.92 Å². The monoisotopic (exact) mass is 451 g/mol. The molecular weight excluding hydrogens is 426 g/mol. The van der Waals surface area contributed by atoms with Gasteiger partial charge in [0.1, 0.15) is 0 Å². The summed E-state index contributed by atoms with van der Waals surface area (Å²) in [5.41, 5.74) is 2.18. The summed E-state index contributed by atoms with van der Waals surface area (Å²) in [5, 5.41) is 5.52. The van der Waals surface area contributed by atoms with Gasteiger partial charge in [0.25, 0.3) is 21.8 Å². The van der Waals surface area contributed by atoms with Crippen LogP contribution in [0.5, 0.6) is 0 Å². The SMILES string of the molecule is CCCNC(=O)c1ccccc1NC(=O)c1cccc(NS(=O)(=O)c2ccc(C)cc2)c1. The second-order valence-electron chi connectivity index (χ2n) is 7.25. The maximum absolute atomic E-state index is 12.8. The number of benzene rings is 3. The van der Waals surface area contributed by atoms with Crippen molar-refractivity contribution < 1.29 is 18.0 Å². The Morgan fingerprint density at radius 3 is 2.31 bits per heavy atom. The van der Waals surface area contributed by atoms with Gasteiger partial charge in [0.15, 0.2) is 0 Å². The molecule has 0 heterocycles. The molecule has 0 radical (unpaired) electrons. The molecule has 3 rings (SSSR count). The Balaban J connectivity index is 1.78. The summed E-state index contributed by atoms with van der Waals surface area (Å²) in [6, 6.07) is 19.4. The van der Waals surface area contributed by atoms with Crippen LogP contribution in [0.1, 0.15) is 39.6 Å². The summed E-state index contributed by atoms with van der Waals surface area (Å²) in [7, 11) is -3.79. The van der Waals surface area contributed by atoms with E-state index < -0.39 is 15.9 Å². The van der Waals surface area contributed by atoms with Gasteiger partial charge in [0.05, 0.1) is 16.1 Å². The molecule has 0 saturated heterocycles. The topological polar surface area (TPSA) is 104 Å². The number of hydrogen-bond acceptors (Lipinski definition) is 4. The van der Waals surface area contributed by atoms with Crippen LogP contribution >= 0.6 is 0 Å². The fourth-order valence-electron chi connectivity index (χ4n) is 2.97. The van der Waals surface area contributed by atoms with Gasteiger partial charge in [-0.2, -0.15) is 0 Å². The van der Waals surface area contributed by atoms with Crippen molar-refractivity contribution in [2.75, 3.05) is 16.6 Å². The van der Waals surface area contributed by atoms with E-state index in [1.54, 1.807) is 54.6 Å². The molecule has 0 aliphatic heterocycles. The predicted octanol–water partition coefficient (Wildman–Crippen LogP) is 4.19. The molecular formula is C24H25N3O4S. The number of rotatable bonds is 8. The van der Waals surface area contributed by atoms with Crippen molar-refractivity contribution in [1.82, 2.24) is 5.32 Å². The highest BCUT2D eigenvalue weighted by atomic mass is 32.2. The molecule has 0 aliphatic rings. The first-order valence-electron chi connectivity index (χ1n) is 10.2. The first-order valence-corrected chi connectivity index (χ1v) is 11.7. The Hall–Kier alpha value is -3.65. The van der Waals surface area contributed by atoms with E-state index in [1.807, 2.05) is 13.8 Å². The number of carbonyl (C=O) groups is 2.